The number of hydrogen-bond donors (Lipinski definition) is 2. The first-order valence-electron chi connectivity index (χ1n) is 6.49. The lowest BCUT2D eigenvalue weighted by Gasteiger charge is -2.09. The molecule has 0 aromatic heterocycles. The van der Waals surface area contributed by atoms with Crippen molar-refractivity contribution in [2.45, 2.75) is 24.3 Å². The van der Waals surface area contributed by atoms with Gasteiger partial charge in [0.2, 0.25) is 10.0 Å². The van der Waals surface area contributed by atoms with Crippen LogP contribution < -0.4 is 4.72 Å². The monoisotopic (exact) mass is 303 g/mol. The smallest absolute Gasteiger partial charge is 0.243 e. The van der Waals surface area contributed by atoms with Crippen LogP contribution in [0.3, 0.4) is 0 Å². The molecule has 1 aromatic carbocycles. The van der Waals surface area contributed by atoms with Gasteiger partial charge in [0.1, 0.15) is 10.7 Å². The normalized spacial score (nSPS) is 15.5. The van der Waals surface area contributed by atoms with E-state index in [4.69, 9.17) is 9.84 Å². The highest BCUT2D eigenvalue weighted by Crippen LogP contribution is 2.28. The lowest BCUT2D eigenvalue weighted by molar-refractivity contribution is 0.129. The Morgan fingerprint density at radius 3 is 2.80 bits per heavy atom. The van der Waals surface area contributed by atoms with Crippen LogP contribution in [0.5, 0.6) is 0 Å². The Labute approximate surface area is 117 Å². The van der Waals surface area contributed by atoms with E-state index in [9.17, 15) is 12.8 Å². The van der Waals surface area contributed by atoms with E-state index in [2.05, 4.69) is 4.72 Å². The Hall–Kier alpha value is -1.02. The van der Waals surface area contributed by atoms with Gasteiger partial charge in [0.05, 0.1) is 13.2 Å². The summed E-state index contributed by atoms with van der Waals surface area (Å²) in [5, 5.41) is 8.96. The first kappa shape index (κ1) is 15.4. The number of aliphatic hydroxyl groups is 1. The fraction of sp³-hybridized carbons (Fsp3) is 0.538. The van der Waals surface area contributed by atoms with Gasteiger partial charge in [0, 0.05) is 13.2 Å². The summed E-state index contributed by atoms with van der Waals surface area (Å²) in [5.74, 6) is -0.223. The molecule has 5 nitrogen and oxygen atoms in total. The van der Waals surface area contributed by atoms with Crippen molar-refractivity contribution in [3.8, 4) is 0 Å². The largest absolute Gasteiger partial charge is 0.392 e. The molecular formula is C13H18FNO4S. The van der Waals surface area contributed by atoms with Crippen molar-refractivity contribution in [1.82, 2.24) is 4.72 Å². The van der Waals surface area contributed by atoms with Crippen LogP contribution in [-0.2, 0) is 21.4 Å². The van der Waals surface area contributed by atoms with Gasteiger partial charge in [-0.1, -0.05) is 6.07 Å². The van der Waals surface area contributed by atoms with E-state index in [1.54, 1.807) is 0 Å². The first-order chi connectivity index (χ1) is 9.53. The van der Waals surface area contributed by atoms with Crippen LogP contribution in [0.15, 0.2) is 23.1 Å². The second-order valence-corrected chi connectivity index (χ2v) is 6.57. The minimum Gasteiger partial charge on any atom is -0.392 e. The number of nitrogens with one attached hydrogen (secondary N) is 1. The molecule has 0 bridgehead atoms. The molecule has 0 spiro atoms. The van der Waals surface area contributed by atoms with E-state index in [-0.39, 0.29) is 19.8 Å². The topological polar surface area (TPSA) is 75.6 Å². The molecule has 20 heavy (non-hydrogen) atoms. The van der Waals surface area contributed by atoms with Crippen molar-refractivity contribution in [1.29, 1.82) is 0 Å². The standard InChI is InChI=1S/C13H18FNO4S/c14-12-4-3-11(8-16)7-13(12)20(17,18)15-5-6-19-9-10-1-2-10/h3-4,7,10,15-16H,1-2,5-6,8-9H2. The van der Waals surface area contributed by atoms with Crippen LogP contribution in [0.4, 0.5) is 4.39 Å². The molecule has 0 saturated heterocycles. The highest BCUT2D eigenvalue weighted by Gasteiger charge is 2.22. The van der Waals surface area contributed by atoms with Crippen LogP contribution in [0.25, 0.3) is 0 Å². The Morgan fingerprint density at radius 1 is 1.40 bits per heavy atom. The van der Waals surface area contributed by atoms with Crippen LogP contribution in [0.1, 0.15) is 18.4 Å². The number of sulfonamides is 1. The van der Waals surface area contributed by atoms with E-state index >= 15 is 0 Å². The SMILES string of the molecule is O=S(=O)(NCCOCC1CC1)c1cc(CO)ccc1F. The predicted molar refractivity (Wildman–Crippen MR) is 71.1 cm³/mol. The summed E-state index contributed by atoms with van der Waals surface area (Å²) < 4.78 is 45.0. The summed E-state index contributed by atoms with van der Waals surface area (Å²) in [6, 6.07) is 3.50. The molecule has 2 rings (SSSR count). The van der Waals surface area contributed by atoms with Gasteiger partial charge >= 0.3 is 0 Å². The maximum Gasteiger partial charge on any atom is 0.243 e. The lowest BCUT2D eigenvalue weighted by Crippen LogP contribution is -2.28. The summed E-state index contributed by atoms with van der Waals surface area (Å²) in [4.78, 5) is -0.453. The van der Waals surface area contributed by atoms with Crippen molar-refractivity contribution in [2.75, 3.05) is 19.8 Å². The summed E-state index contributed by atoms with van der Waals surface area (Å²) in [6.45, 7) is 0.665. The summed E-state index contributed by atoms with van der Waals surface area (Å²) in [7, 11) is -3.92. The van der Waals surface area contributed by atoms with Crippen LogP contribution in [-0.4, -0.2) is 33.3 Å². The molecule has 112 valence electrons. The molecule has 0 atom stereocenters. The third-order valence-electron chi connectivity index (χ3n) is 3.06. The van der Waals surface area contributed by atoms with E-state index in [1.807, 2.05) is 0 Å². The first-order valence-corrected chi connectivity index (χ1v) is 7.98. The number of rotatable bonds is 8. The second kappa shape index (κ2) is 6.62. The zero-order valence-electron chi connectivity index (χ0n) is 11.0. The average Bonchev–Trinajstić information content (AvgIpc) is 3.23. The molecule has 1 fully saturated rings. The van der Waals surface area contributed by atoms with Gasteiger partial charge < -0.3 is 9.84 Å². The van der Waals surface area contributed by atoms with Gasteiger partial charge in [-0.15, -0.1) is 0 Å². The molecule has 0 unspecified atom stereocenters. The minimum absolute atomic E-state index is 0.0951. The van der Waals surface area contributed by atoms with Crippen LogP contribution in [0, 0.1) is 11.7 Å². The van der Waals surface area contributed by atoms with E-state index in [1.165, 1.54) is 18.9 Å². The van der Waals surface area contributed by atoms with Crippen LogP contribution >= 0.6 is 0 Å². The number of benzene rings is 1. The number of aliphatic hydroxyl groups excluding tert-OH is 1. The highest BCUT2D eigenvalue weighted by atomic mass is 32.2. The Morgan fingerprint density at radius 2 is 2.15 bits per heavy atom. The molecule has 1 aliphatic carbocycles. The third kappa shape index (κ3) is 4.24. The van der Waals surface area contributed by atoms with E-state index in [0.717, 1.165) is 12.1 Å². The maximum atomic E-state index is 13.6. The summed E-state index contributed by atoms with van der Waals surface area (Å²) in [5.41, 5.74) is 0.344. The van der Waals surface area contributed by atoms with Gasteiger partial charge in [-0.25, -0.2) is 17.5 Å². The molecule has 1 aliphatic rings. The molecule has 0 amide bonds. The Kier molecular flexibility index (Phi) is 5.09. The average molecular weight is 303 g/mol. The third-order valence-corrected chi connectivity index (χ3v) is 4.53. The molecular weight excluding hydrogens is 285 g/mol. The highest BCUT2D eigenvalue weighted by molar-refractivity contribution is 7.89. The Balaban J connectivity index is 1.91. The molecule has 1 aromatic rings. The summed E-state index contributed by atoms with van der Waals surface area (Å²) >= 11 is 0. The van der Waals surface area contributed by atoms with Gasteiger partial charge in [0.25, 0.3) is 0 Å². The maximum absolute atomic E-state index is 13.6. The van der Waals surface area contributed by atoms with Gasteiger partial charge in [-0.3, -0.25) is 0 Å². The predicted octanol–water partition coefficient (Wildman–Crippen LogP) is 1.02. The van der Waals surface area contributed by atoms with Gasteiger partial charge in [-0.2, -0.15) is 0 Å². The van der Waals surface area contributed by atoms with Gasteiger partial charge in [-0.05, 0) is 36.5 Å². The molecule has 2 N–H and O–H groups in total. The zero-order chi connectivity index (χ0) is 14.6. The van der Waals surface area contributed by atoms with Crippen LogP contribution in [0.2, 0.25) is 0 Å². The molecule has 0 aliphatic heterocycles. The number of ether oxygens (including phenoxy) is 1. The fourth-order valence-electron chi connectivity index (χ4n) is 1.71. The van der Waals surface area contributed by atoms with E-state index in [0.29, 0.717) is 18.1 Å². The Bertz CT molecular complexity index is 557. The molecule has 1 saturated carbocycles. The van der Waals surface area contributed by atoms with E-state index < -0.39 is 20.7 Å². The van der Waals surface area contributed by atoms with Crippen molar-refractivity contribution >= 4 is 10.0 Å². The molecule has 0 heterocycles. The summed E-state index contributed by atoms with van der Waals surface area (Å²) in [6.07, 6.45) is 2.34. The minimum atomic E-state index is -3.92. The number of hydrogen-bond acceptors (Lipinski definition) is 4. The van der Waals surface area contributed by atoms with Gasteiger partial charge in [0.15, 0.2) is 0 Å². The molecule has 0 radical (unpaired) electrons. The van der Waals surface area contributed by atoms with Crippen molar-refractivity contribution in [3.63, 3.8) is 0 Å². The zero-order valence-corrected chi connectivity index (χ0v) is 11.8. The van der Waals surface area contributed by atoms with Crippen molar-refractivity contribution in [3.05, 3.63) is 29.6 Å². The lowest BCUT2D eigenvalue weighted by atomic mass is 10.2. The number of halogens is 1. The van der Waals surface area contributed by atoms with Crippen molar-refractivity contribution in [2.24, 2.45) is 5.92 Å². The quantitative estimate of drug-likeness (QED) is 0.703. The second-order valence-electron chi connectivity index (χ2n) is 4.84. The van der Waals surface area contributed by atoms with Crippen molar-refractivity contribution < 1.29 is 22.7 Å². The fourth-order valence-corrected chi connectivity index (χ4v) is 2.85. The molecule has 7 heteroatoms.